The number of Topliss-reactive ketones (excluding diaryl/α,β-unsaturated/α-hetero) is 4. The van der Waals surface area contributed by atoms with Gasteiger partial charge < -0.3 is 68.9 Å². The molecule has 0 radical (unpaired) electrons. The molecule has 14 N–H and O–H groups in total. The van der Waals surface area contributed by atoms with Crippen LogP contribution in [0, 0.1) is 0 Å². The number of amides is 5. The number of hydrogen-bond acceptors (Lipinski definition) is 17. The molecule has 84 heavy (non-hydrogen) atoms. The minimum absolute atomic E-state index is 0.0404. The van der Waals surface area contributed by atoms with E-state index in [1.165, 1.54) is 71.8 Å². The molecule has 0 aliphatic carbocycles. The number of primary amides is 1. The lowest BCUT2D eigenvalue weighted by Crippen LogP contribution is -2.42. The molecule has 0 saturated carbocycles. The van der Waals surface area contributed by atoms with Crippen molar-refractivity contribution in [2.24, 2.45) is 28.7 Å². The maximum absolute atomic E-state index is 14.3. The molecule has 4 rings (SSSR count). The normalized spacial score (nSPS) is 12.4. The van der Waals surface area contributed by atoms with Crippen LogP contribution in [0.25, 0.3) is 0 Å². The molecule has 0 unspecified atom stereocenters. The van der Waals surface area contributed by atoms with Gasteiger partial charge in [0.15, 0.2) is 23.1 Å². The largest absolute Gasteiger partial charge is 0.496 e. The van der Waals surface area contributed by atoms with Gasteiger partial charge in [0.25, 0.3) is 23.6 Å². The Morgan fingerprint density at radius 1 is 0.369 bits per heavy atom. The molecule has 0 fully saturated rings. The van der Waals surface area contributed by atoms with Crippen LogP contribution in [0.4, 0.5) is 0 Å². The Morgan fingerprint density at radius 3 is 0.833 bits per heavy atom. The molecule has 0 aliphatic rings. The second-order valence-electron chi connectivity index (χ2n) is 20.5. The number of ketones is 4. The van der Waals surface area contributed by atoms with Crippen LogP contribution >= 0.6 is 0 Å². The monoisotopic (exact) mass is 1160 g/mol. The van der Waals surface area contributed by atoms with Gasteiger partial charge in [0.1, 0.15) is 23.0 Å². The van der Waals surface area contributed by atoms with Crippen molar-refractivity contribution in [2.45, 2.75) is 134 Å². The number of methoxy groups -OCH3 is 4. The lowest BCUT2D eigenvalue weighted by molar-refractivity contribution is -0.126. The topological polar surface area (TPSA) is 369 Å². The first-order valence-corrected chi connectivity index (χ1v) is 28.4. The van der Waals surface area contributed by atoms with E-state index < -0.39 is 47.8 Å². The second kappa shape index (κ2) is 35.8. The second-order valence-corrected chi connectivity index (χ2v) is 20.5. The predicted octanol–water partition coefficient (Wildman–Crippen LogP) is 3.68. The number of rotatable bonds is 40. The molecular formula is C62H85N9O13. The summed E-state index contributed by atoms with van der Waals surface area (Å²) in [5.74, 6) is -3.53. The van der Waals surface area contributed by atoms with Crippen LogP contribution in [-0.4, -0.2) is 131 Å². The summed E-state index contributed by atoms with van der Waals surface area (Å²) < 4.78 is 21.9. The van der Waals surface area contributed by atoms with Crippen LogP contribution in [0.2, 0.25) is 0 Å². The maximum atomic E-state index is 14.3. The van der Waals surface area contributed by atoms with Crippen molar-refractivity contribution in [1.29, 1.82) is 0 Å². The SMILES string of the molecule is COc1ccc(CC(=O)[C@H](CCCCN)NC(=O)c2cc(CC(=O)[C@H](CCCCN)NC(=O)c3cc(CC(=O)[C@H](CCCCN)NC(=O)c4cc(CC(=O)[C@H](CCCCN)NC(C)=O)ccc4OC)ccc3OC)ccc2OC)cc1C(N)=O. The summed E-state index contributed by atoms with van der Waals surface area (Å²) in [6, 6.07) is 15.0. The van der Waals surface area contributed by atoms with Gasteiger partial charge in [-0.3, -0.25) is 43.2 Å². The van der Waals surface area contributed by atoms with E-state index in [2.05, 4.69) is 21.3 Å². The Bertz CT molecular complexity index is 2910. The Balaban J connectivity index is 1.56. The molecule has 0 bridgehead atoms. The lowest BCUT2D eigenvalue weighted by Gasteiger charge is -2.21. The summed E-state index contributed by atoms with van der Waals surface area (Å²) in [5.41, 5.74) is 30.7. The molecule has 0 saturated heterocycles. The van der Waals surface area contributed by atoms with E-state index in [1.807, 2.05) is 0 Å². The van der Waals surface area contributed by atoms with Crippen molar-refractivity contribution in [3.8, 4) is 23.0 Å². The van der Waals surface area contributed by atoms with E-state index in [0.29, 0.717) is 106 Å². The van der Waals surface area contributed by atoms with Crippen LogP contribution in [0.3, 0.4) is 0 Å². The molecule has 0 aromatic heterocycles. The van der Waals surface area contributed by atoms with Crippen molar-refractivity contribution in [3.63, 3.8) is 0 Å². The molecule has 4 aromatic rings. The molecule has 22 nitrogen and oxygen atoms in total. The fourth-order valence-corrected chi connectivity index (χ4v) is 9.66. The minimum Gasteiger partial charge on any atom is -0.496 e. The lowest BCUT2D eigenvalue weighted by atomic mass is 9.95. The number of carbonyl (C=O) groups excluding carboxylic acids is 9. The first-order chi connectivity index (χ1) is 40.3. The number of benzene rings is 4. The molecule has 0 heterocycles. The highest BCUT2D eigenvalue weighted by atomic mass is 16.5. The van der Waals surface area contributed by atoms with Crippen molar-refractivity contribution < 1.29 is 62.1 Å². The average molecular weight is 1160 g/mol. The van der Waals surface area contributed by atoms with E-state index in [-0.39, 0.29) is 119 Å². The third-order valence-corrected chi connectivity index (χ3v) is 14.2. The van der Waals surface area contributed by atoms with E-state index in [9.17, 15) is 43.2 Å². The fourth-order valence-electron chi connectivity index (χ4n) is 9.66. The Kier molecular flexibility index (Phi) is 29.2. The first-order valence-electron chi connectivity index (χ1n) is 28.4. The van der Waals surface area contributed by atoms with Gasteiger partial charge in [-0.05, 0) is 174 Å². The Labute approximate surface area is 491 Å². The summed E-state index contributed by atoms with van der Waals surface area (Å²) >= 11 is 0. The number of nitrogens with two attached hydrogens (primary N) is 5. The first kappa shape index (κ1) is 68.4. The van der Waals surface area contributed by atoms with Crippen LogP contribution < -0.4 is 68.9 Å². The van der Waals surface area contributed by atoms with Crippen molar-refractivity contribution in [1.82, 2.24) is 21.3 Å². The standard InChI is InChI=1S/C62H85N9O13/c1-38(72)68-47(14-6-10-26-63)51(73)35-40-19-23-56(82-3)44(31-40)60(78)70-49(16-8-12-28-65)53(75)37-42-21-25-58(84-5)46(33-42)62(80)71-50(17-9-13-29-66)54(76)36-41-20-24-57(83-4)45(32-41)61(79)69-48(15-7-11-27-64)52(74)34-39-18-22-55(81-2)43(30-39)59(67)77/h18-25,30-33,47-50H,6-17,26-29,34-37,63-66H2,1-5H3,(H2,67,77)(H,68,72)(H,69,79)(H,70,78)(H,71,80)/t47-,48-,49-,50-/m0/s1. The number of hydrogen-bond donors (Lipinski definition) is 9. The summed E-state index contributed by atoms with van der Waals surface area (Å²) in [5, 5.41) is 11.3. The van der Waals surface area contributed by atoms with Crippen molar-refractivity contribution in [3.05, 3.63) is 117 Å². The van der Waals surface area contributed by atoms with Crippen LogP contribution in [0.5, 0.6) is 23.0 Å². The zero-order chi connectivity index (χ0) is 61.7. The number of carbonyl (C=O) groups is 9. The average Bonchev–Trinajstić information content (AvgIpc) is 3.56. The van der Waals surface area contributed by atoms with Crippen molar-refractivity contribution >= 4 is 52.7 Å². The van der Waals surface area contributed by atoms with E-state index in [0.717, 1.165) is 0 Å². The number of ether oxygens (including phenoxy) is 4. The molecule has 4 aromatic carbocycles. The Morgan fingerprint density at radius 2 is 0.607 bits per heavy atom. The van der Waals surface area contributed by atoms with E-state index in [4.69, 9.17) is 47.6 Å². The number of unbranched alkanes of at least 4 members (excludes halogenated alkanes) is 4. The van der Waals surface area contributed by atoms with Gasteiger partial charge in [-0.15, -0.1) is 0 Å². The molecular weight excluding hydrogens is 1080 g/mol. The zero-order valence-electron chi connectivity index (χ0n) is 49.1. The smallest absolute Gasteiger partial charge is 0.255 e. The highest BCUT2D eigenvalue weighted by Gasteiger charge is 2.29. The summed E-state index contributed by atoms with van der Waals surface area (Å²) in [4.78, 5) is 122. The quantitative estimate of drug-likeness (QED) is 0.0287. The number of nitrogens with one attached hydrogen (secondary N) is 4. The fraction of sp³-hybridized carbons (Fsp3) is 0.468. The molecule has 4 atom stereocenters. The third kappa shape index (κ3) is 21.3. The molecule has 22 heteroatoms. The molecule has 456 valence electrons. The maximum Gasteiger partial charge on any atom is 0.255 e. The Hall–Kier alpha value is -8.05. The van der Waals surface area contributed by atoms with Gasteiger partial charge in [0.05, 0.1) is 74.9 Å². The van der Waals surface area contributed by atoms with Gasteiger partial charge in [-0.2, -0.15) is 0 Å². The summed E-state index contributed by atoms with van der Waals surface area (Å²) in [6.07, 6.45) is 5.02. The van der Waals surface area contributed by atoms with E-state index >= 15 is 0 Å². The molecule has 0 aliphatic heterocycles. The van der Waals surface area contributed by atoms with Gasteiger partial charge in [-0.1, -0.05) is 24.3 Å². The van der Waals surface area contributed by atoms with Crippen LogP contribution in [-0.2, 0) is 49.7 Å². The summed E-state index contributed by atoms with van der Waals surface area (Å²) in [7, 11) is 5.56. The van der Waals surface area contributed by atoms with E-state index in [1.54, 1.807) is 36.4 Å². The van der Waals surface area contributed by atoms with Crippen molar-refractivity contribution in [2.75, 3.05) is 54.6 Å². The summed E-state index contributed by atoms with van der Waals surface area (Å²) in [6.45, 7) is 2.85. The predicted molar refractivity (Wildman–Crippen MR) is 318 cm³/mol. The highest BCUT2D eigenvalue weighted by molar-refractivity contribution is 6.04. The van der Waals surface area contributed by atoms with Gasteiger partial charge in [0, 0.05) is 32.6 Å². The zero-order valence-corrected chi connectivity index (χ0v) is 49.1. The van der Waals surface area contributed by atoms with Crippen LogP contribution in [0.1, 0.15) is 148 Å². The molecule has 0 spiro atoms. The molecule has 5 amide bonds. The van der Waals surface area contributed by atoms with Crippen LogP contribution in [0.15, 0.2) is 72.8 Å². The minimum atomic E-state index is -1.04. The third-order valence-electron chi connectivity index (χ3n) is 14.2. The van der Waals surface area contributed by atoms with Gasteiger partial charge in [-0.25, -0.2) is 0 Å². The van der Waals surface area contributed by atoms with Gasteiger partial charge in [0.2, 0.25) is 5.91 Å². The van der Waals surface area contributed by atoms with Gasteiger partial charge >= 0.3 is 0 Å². The highest BCUT2D eigenvalue weighted by Crippen LogP contribution is 2.27.